The normalized spacial score (nSPS) is 20.6. The smallest absolute Gasteiger partial charge is 0.276 e. The molecule has 0 aliphatic carbocycles. The summed E-state index contributed by atoms with van der Waals surface area (Å²) in [4.78, 5) is 28.3. The zero-order valence-electron chi connectivity index (χ0n) is 14.5. The lowest BCUT2D eigenvalue weighted by Crippen LogP contribution is -2.52. The van der Waals surface area contributed by atoms with Crippen molar-refractivity contribution in [1.29, 1.82) is 0 Å². The molecule has 3 heterocycles. The highest BCUT2D eigenvalue weighted by atomic mass is 16.5. The number of rotatable bonds is 4. The van der Waals surface area contributed by atoms with Crippen LogP contribution in [0.1, 0.15) is 23.3 Å². The molecule has 0 radical (unpaired) electrons. The van der Waals surface area contributed by atoms with Crippen LogP contribution in [0, 0.1) is 0 Å². The van der Waals surface area contributed by atoms with E-state index in [-0.39, 0.29) is 30.2 Å². The summed E-state index contributed by atoms with van der Waals surface area (Å²) in [5, 5.41) is 8.00. The Morgan fingerprint density at radius 1 is 1.23 bits per heavy atom. The fourth-order valence-electron chi connectivity index (χ4n) is 3.37. The van der Waals surface area contributed by atoms with Crippen LogP contribution in [-0.2, 0) is 16.1 Å². The Hall–Kier alpha value is -2.74. The molecule has 2 aromatic rings. The third-order valence-corrected chi connectivity index (χ3v) is 4.75. The van der Waals surface area contributed by atoms with Crippen LogP contribution in [0.2, 0.25) is 0 Å². The Morgan fingerprint density at radius 3 is 2.81 bits per heavy atom. The predicted octanol–water partition coefficient (Wildman–Crippen LogP) is 0.946. The summed E-state index contributed by atoms with van der Waals surface area (Å²) in [6.07, 6.45) is 3.83. The highest BCUT2D eigenvalue weighted by molar-refractivity contribution is 6.00. The van der Waals surface area contributed by atoms with Gasteiger partial charge in [-0.2, -0.15) is 0 Å². The number of benzene rings is 1. The maximum atomic E-state index is 12.6. The van der Waals surface area contributed by atoms with Crippen LogP contribution >= 0.6 is 0 Å². The second-order valence-electron chi connectivity index (χ2n) is 6.57. The molecule has 0 spiro atoms. The van der Waals surface area contributed by atoms with E-state index in [2.05, 4.69) is 10.3 Å². The fourth-order valence-corrected chi connectivity index (χ4v) is 3.37. The first-order valence-electron chi connectivity index (χ1n) is 8.87. The predicted molar refractivity (Wildman–Crippen MR) is 93.7 cm³/mol. The Kier molecular flexibility index (Phi) is 4.66. The Morgan fingerprint density at radius 2 is 2.08 bits per heavy atom. The molecular formula is C18H21N5O3. The van der Waals surface area contributed by atoms with Crippen molar-refractivity contribution in [2.45, 2.75) is 25.5 Å². The number of piperazine rings is 1. The summed E-state index contributed by atoms with van der Waals surface area (Å²) < 4.78 is 7.22. The number of hydrogen-bond donors (Lipinski definition) is 0. The molecule has 8 heteroatoms. The van der Waals surface area contributed by atoms with Crippen molar-refractivity contribution in [2.24, 2.45) is 0 Å². The Balaban J connectivity index is 1.38. The molecule has 2 aliphatic rings. The van der Waals surface area contributed by atoms with E-state index in [1.165, 1.54) is 4.90 Å². The van der Waals surface area contributed by atoms with Crippen LogP contribution < -0.4 is 4.90 Å². The molecule has 2 amide bonds. The van der Waals surface area contributed by atoms with Gasteiger partial charge in [-0.15, -0.1) is 5.10 Å². The molecule has 26 heavy (non-hydrogen) atoms. The number of anilines is 1. The standard InChI is InChI=1S/C18H21N5O3/c24-17-13-21(8-9-23(17)14-5-2-1-3-6-14)18(25)16-12-22(20-19-16)11-15-7-4-10-26-15/h1-3,5-6,12,15H,4,7-11,13H2. The number of hydrogen-bond acceptors (Lipinski definition) is 5. The zero-order valence-corrected chi connectivity index (χ0v) is 14.5. The first-order valence-corrected chi connectivity index (χ1v) is 8.87. The van der Waals surface area contributed by atoms with Crippen molar-refractivity contribution < 1.29 is 14.3 Å². The third-order valence-electron chi connectivity index (χ3n) is 4.75. The minimum Gasteiger partial charge on any atom is -0.376 e. The number of ether oxygens (including phenoxy) is 1. The van der Waals surface area contributed by atoms with E-state index in [4.69, 9.17) is 4.74 Å². The second kappa shape index (κ2) is 7.25. The summed E-state index contributed by atoms with van der Waals surface area (Å²) >= 11 is 0. The third kappa shape index (κ3) is 3.45. The zero-order chi connectivity index (χ0) is 17.9. The van der Waals surface area contributed by atoms with Gasteiger partial charge in [0.15, 0.2) is 5.69 Å². The Labute approximate surface area is 151 Å². The average Bonchev–Trinajstić information content (AvgIpc) is 3.34. The summed E-state index contributed by atoms with van der Waals surface area (Å²) in [6.45, 7) is 2.36. The molecule has 136 valence electrons. The van der Waals surface area contributed by atoms with Crippen molar-refractivity contribution in [3.05, 3.63) is 42.2 Å². The molecule has 2 saturated heterocycles. The molecule has 2 aliphatic heterocycles. The van der Waals surface area contributed by atoms with Gasteiger partial charge in [-0.1, -0.05) is 23.4 Å². The van der Waals surface area contributed by atoms with Gasteiger partial charge >= 0.3 is 0 Å². The minimum atomic E-state index is -0.260. The molecule has 1 atom stereocenters. The van der Waals surface area contributed by atoms with Crippen LogP contribution in [0.15, 0.2) is 36.5 Å². The average molecular weight is 355 g/mol. The highest BCUT2D eigenvalue weighted by Gasteiger charge is 2.30. The van der Waals surface area contributed by atoms with Gasteiger partial charge in [0, 0.05) is 25.4 Å². The lowest BCUT2D eigenvalue weighted by atomic mass is 10.2. The minimum absolute atomic E-state index is 0.0479. The number of aromatic nitrogens is 3. The fraction of sp³-hybridized carbons (Fsp3) is 0.444. The van der Waals surface area contributed by atoms with E-state index >= 15 is 0 Å². The molecule has 1 unspecified atom stereocenters. The van der Waals surface area contributed by atoms with Gasteiger partial charge in [0.05, 0.1) is 18.8 Å². The molecule has 8 nitrogen and oxygen atoms in total. The number of carbonyl (C=O) groups excluding carboxylic acids is 2. The van der Waals surface area contributed by atoms with Gasteiger partial charge in [0.25, 0.3) is 5.91 Å². The molecule has 0 saturated carbocycles. The molecule has 0 N–H and O–H groups in total. The number of nitrogens with zero attached hydrogens (tertiary/aromatic N) is 5. The SMILES string of the molecule is O=C(c1cn(CC2CCCO2)nn1)N1CCN(c2ccccc2)C(=O)C1. The van der Waals surface area contributed by atoms with Gasteiger partial charge in [0.2, 0.25) is 5.91 Å². The molecule has 4 rings (SSSR count). The van der Waals surface area contributed by atoms with Crippen LogP contribution in [-0.4, -0.2) is 64.1 Å². The van der Waals surface area contributed by atoms with Crippen LogP contribution in [0.5, 0.6) is 0 Å². The van der Waals surface area contributed by atoms with Crippen molar-refractivity contribution in [2.75, 3.05) is 31.1 Å². The van der Waals surface area contributed by atoms with Crippen LogP contribution in [0.3, 0.4) is 0 Å². The van der Waals surface area contributed by atoms with Gasteiger partial charge < -0.3 is 14.5 Å². The van der Waals surface area contributed by atoms with Gasteiger partial charge in [-0.25, -0.2) is 4.68 Å². The first kappa shape index (κ1) is 16.7. The molecule has 2 fully saturated rings. The lowest BCUT2D eigenvalue weighted by Gasteiger charge is -2.33. The van der Waals surface area contributed by atoms with Crippen LogP contribution in [0.4, 0.5) is 5.69 Å². The maximum Gasteiger partial charge on any atom is 0.276 e. The quantitative estimate of drug-likeness (QED) is 0.816. The number of amides is 2. The largest absolute Gasteiger partial charge is 0.376 e. The van der Waals surface area contributed by atoms with Gasteiger partial charge in [-0.3, -0.25) is 9.59 Å². The van der Waals surface area contributed by atoms with E-state index in [1.807, 2.05) is 30.3 Å². The summed E-state index contributed by atoms with van der Waals surface area (Å²) in [5.41, 5.74) is 1.12. The number of carbonyl (C=O) groups is 2. The molecular weight excluding hydrogens is 334 g/mol. The van der Waals surface area contributed by atoms with Crippen molar-refractivity contribution in [3.8, 4) is 0 Å². The molecule has 0 bridgehead atoms. The summed E-state index contributed by atoms with van der Waals surface area (Å²) in [6, 6.07) is 9.49. The van der Waals surface area contributed by atoms with Gasteiger partial charge in [0.1, 0.15) is 6.54 Å². The Bertz CT molecular complexity index is 785. The lowest BCUT2D eigenvalue weighted by molar-refractivity contribution is -0.120. The monoisotopic (exact) mass is 355 g/mol. The van der Waals surface area contributed by atoms with Crippen LogP contribution in [0.25, 0.3) is 0 Å². The molecule has 1 aromatic carbocycles. The van der Waals surface area contributed by atoms with Crippen molar-refractivity contribution in [1.82, 2.24) is 19.9 Å². The van der Waals surface area contributed by atoms with Gasteiger partial charge in [-0.05, 0) is 25.0 Å². The highest BCUT2D eigenvalue weighted by Crippen LogP contribution is 2.18. The van der Waals surface area contributed by atoms with E-state index in [0.717, 1.165) is 25.1 Å². The number of para-hydroxylation sites is 1. The molecule has 1 aromatic heterocycles. The summed E-state index contributed by atoms with van der Waals surface area (Å²) in [7, 11) is 0. The van der Waals surface area contributed by atoms with E-state index < -0.39 is 0 Å². The first-order chi connectivity index (χ1) is 12.7. The topological polar surface area (TPSA) is 80.6 Å². The van der Waals surface area contributed by atoms with E-state index in [9.17, 15) is 9.59 Å². The van der Waals surface area contributed by atoms with Crippen molar-refractivity contribution in [3.63, 3.8) is 0 Å². The summed E-state index contributed by atoms with van der Waals surface area (Å²) in [5.74, 6) is -0.354. The van der Waals surface area contributed by atoms with E-state index in [0.29, 0.717) is 19.6 Å². The maximum absolute atomic E-state index is 12.6. The van der Waals surface area contributed by atoms with E-state index in [1.54, 1.807) is 15.8 Å². The second-order valence-corrected chi connectivity index (χ2v) is 6.57. The van der Waals surface area contributed by atoms with Crippen molar-refractivity contribution >= 4 is 17.5 Å².